The van der Waals surface area contributed by atoms with E-state index in [1.165, 1.54) is 5.56 Å². The molecule has 0 amide bonds. The largest absolute Gasteiger partial charge is 0.490 e. The third kappa shape index (κ3) is 3.74. The number of benzene rings is 1. The highest BCUT2D eigenvalue weighted by Crippen LogP contribution is 2.28. The van der Waals surface area contributed by atoms with Crippen molar-refractivity contribution in [1.82, 2.24) is 0 Å². The maximum atomic E-state index is 5.77. The highest BCUT2D eigenvalue weighted by atomic mass is 16.5. The molecule has 0 radical (unpaired) electrons. The fourth-order valence-electron chi connectivity index (χ4n) is 1.59. The minimum absolute atomic E-state index is 0.160. The first-order valence-corrected chi connectivity index (χ1v) is 5.81. The van der Waals surface area contributed by atoms with E-state index in [0.717, 1.165) is 17.9 Å². The van der Waals surface area contributed by atoms with Crippen LogP contribution in [0.5, 0.6) is 11.5 Å². The van der Waals surface area contributed by atoms with Crippen LogP contribution in [0.15, 0.2) is 18.2 Å². The molecule has 0 aromatic heterocycles. The molecule has 0 fully saturated rings. The molecular formula is C13H21NO2. The number of hydrogen-bond acceptors (Lipinski definition) is 3. The van der Waals surface area contributed by atoms with Gasteiger partial charge in [0.2, 0.25) is 0 Å². The summed E-state index contributed by atoms with van der Waals surface area (Å²) in [4.78, 5) is 0. The topological polar surface area (TPSA) is 44.5 Å². The van der Waals surface area contributed by atoms with Crippen molar-refractivity contribution in [2.75, 3.05) is 13.2 Å². The molecule has 16 heavy (non-hydrogen) atoms. The Bertz CT molecular complexity index is 324. The zero-order valence-electron chi connectivity index (χ0n) is 10.3. The molecule has 2 N–H and O–H groups in total. The molecule has 3 nitrogen and oxygen atoms in total. The first kappa shape index (κ1) is 12.8. The maximum Gasteiger partial charge on any atom is 0.161 e. The average Bonchev–Trinajstić information content (AvgIpc) is 2.21. The van der Waals surface area contributed by atoms with E-state index in [0.29, 0.717) is 13.2 Å². The number of nitrogens with two attached hydrogens (primary N) is 1. The predicted molar refractivity (Wildman–Crippen MR) is 66.1 cm³/mol. The molecule has 0 aliphatic heterocycles. The lowest BCUT2D eigenvalue weighted by Gasteiger charge is -2.13. The lowest BCUT2D eigenvalue weighted by molar-refractivity contribution is 0.287. The molecule has 0 saturated heterocycles. The Kier molecular flexibility index (Phi) is 5.12. The number of ether oxygens (including phenoxy) is 2. The number of rotatable bonds is 6. The van der Waals surface area contributed by atoms with Gasteiger partial charge in [0, 0.05) is 6.04 Å². The fraction of sp³-hybridized carbons (Fsp3) is 0.538. The summed E-state index contributed by atoms with van der Waals surface area (Å²) in [7, 11) is 0. The summed E-state index contributed by atoms with van der Waals surface area (Å²) >= 11 is 0. The molecule has 1 rings (SSSR count). The molecule has 1 aromatic carbocycles. The molecule has 3 heteroatoms. The summed E-state index contributed by atoms with van der Waals surface area (Å²) in [6.45, 7) is 7.21. The molecule has 0 aliphatic rings. The van der Waals surface area contributed by atoms with Gasteiger partial charge in [-0.05, 0) is 44.9 Å². The van der Waals surface area contributed by atoms with Crippen molar-refractivity contribution in [3.8, 4) is 11.5 Å². The third-order valence-corrected chi connectivity index (χ3v) is 2.17. The Morgan fingerprint density at radius 2 is 1.75 bits per heavy atom. The predicted octanol–water partition coefficient (Wildman–Crippen LogP) is 2.37. The molecule has 1 atom stereocenters. The van der Waals surface area contributed by atoms with Crippen molar-refractivity contribution in [2.45, 2.75) is 33.2 Å². The second-order valence-electron chi connectivity index (χ2n) is 3.83. The van der Waals surface area contributed by atoms with Crippen LogP contribution in [0.25, 0.3) is 0 Å². The Labute approximate surface area is 97.6 Å². The standard InChI is InChI=1S/C13H21NO2/c1-4-15-12-7-6-11(8-10(3)14)9-13(12)16-5-2/h6-7,9-10H,4-5,8,14H2,1-3H3/t10-/m0/s1. The summed E-state index contributed by atoms with van der Waals surface area (Å²) in [5.41, 5.74) is 6.96. The Morgan fingerprint density at radius 3 is 2.31 bits per heavy atom. The van der Waals surface area contributed by atoms with E-state index in [1.54, 1.807) is 0 Å². The van der Waals surface area contributed by atoms with Gasteiger partial charge in [0.05, 0.1) is 13.2 Å². The Hall–Kier alpha value is -1.22. The zero-order chi connectivity index (χ0) is 12.0. The normalized spacial score (nSPS) is 12.2. The van der Waals surface area contributed by atoms with Gasteiger partial charge >= 0.3 is 0 Å². The van der Waals surface area contributed by atoms with Crippen molar-refractivity contribution in [1.29, 1.82) is 0 Å². The summed E-state index contributed by atoms with van der Waals surface area (Å²) < 4.78 is 11.0. The van der Waals surface area contributed by atoms with Crippen molar-refractivity contribution in [3.05, 3.63) is 23.8 Å². The van der Waals surface area contributed by atoms with Gasteiger partial charge in [0.1, 0.15) is 0 Å². The molecule has 0 heterocycles. The van der Waals surface area contributed by atoms with Crippen LogP contribution < -0.4 is 15.2 Å². The van der Waals surface area contributed by atoms with Crippen LogP contribution in [0.2, 0.25) is 0 Å². The van der Waals surface area contributed by atoms with E-state index in [4.69, 9.17) is 15.2 Å². The molecule has 1 aromatic rings. The van der Waals surface area contributed by atoms with Crippen molar-refractivity contribution < 1.29 is 9.47 Å². The highest BCUT2D eigenvalue weighted by molar-refractivity contribution is 5.43. The molecule has 0 saturated carbocycles. The zero-order valence-corrected chi connectivity index (χ0v) is 10.3. The number of hydrogen-bond donors (Lipinski definition) is 1. The van der Waals surface area contributed by atoms with E-state index in [2.05, 4.69) is 0 Å². The summed E-state index contributed by atoms with van der Waals surface area (Å²) in [5.74, 6) is 1.61. The average molecular weight is 223 g/mol. The molecule has 0 spiro atoms. The minimum atomic E-state index is 0.160. The van der Waals surface area contributed by atoms with Crippen LogP contribution in [0, 0.1) is 0 Å². The van der Waals surface area contributed by atoms with Crippen LogP contribution in [0.3, 0.4) is 0 Å². The van der Waals surface area contributed by atoms with Gasteiger partial charge in [0.15, 0.2) is 11.5 Å². The van der Waals surface area contributed by atoms with Gasteiger partial charge in [-0.2, -0.15) is 0 Å². The van der Waals surface area contributed by atoms with E-state index in [9.17, 15) is 0 Å². The van der Waals surface area contributed by atoms with E-state index < -0.39 is 0 Å². The van der Waals surface area contributed by atoms with Crippen LogP contribution in [-0.2, 0) is 6.42 Å². The highest BCUT2D eigenvalue weighted by Gasteiger charge is 2.07. The monoisotopic (exact) mass is 223 g/mol. The van der Waals surface area contributed by atoms with Gasteiger partial charge in [0.25, 0.3) is 0 Å². The van der Waals surface area contributed by atoms with Crippen LogP contribution >= 0.6 is 0 Å². The lowest BCUT2D eigenvalue weighted by Crippen LogP contribution is -2.17. The second kappa shape index (κ2) is 6.38. The molecule has 0 unspecified atom stereocenters. The lowest BCUT2D eigenvalue weighted by atomic mass is 10.1. The minimum Gasteiger partial charge on any atom is -0.490 e. The van der Waals surface area contributed by atoms with Crippen LogP contribution in [0.1, 0.15) is 26.3 Å². The quantitative estimate of drug-likeness (QED) is 0.805. The fourth-order valence-corrected chi connectivity index (χ4v) is 1.59. The SMILES string of the molecule is CCOc1ccc(C[C@H](C)N)cc1OCC. The molecular weight excluding hydrogens is 202 g/mol. The second-order valence-corrected chi connectivity index (χ2v) is 3.83. The van der Waals surface area contributed by atoms with Gasteiger partial charge < -0.3 is 15.2 Å². The van der Waals surface area contributed by atoms with Crippen LogP contribution in [-0.4, -0.2) is 19.3 Å². The first-order chi connectivity index (χ1) is 7.67. The van der Waals surface area contributed by atoms with Crippen LogP contribution in [0.4, 0.5) is 0 Å². The maximum absolute atomic E-state index is 5.77. The van der Waals surface area contributed by atoms with Crippen molar-refractivity contribution >= 4 is 0 Å². The summed E-state index contributed by atoms with van der Waals surface area (Å²) in [6.07, 6.45) is 0.854. The van der Waals surface area contributed by atoms with E-state index in [1.807, 2.05) is 39.0 Å². The third-order valence-electron chi connectivity index (χ3n) is 2.17. The van der Waals surface area contributed by atoms with Gasteiger partial charge in [-0.1, -0.05) is 6.07 Å². The van der Waals surface area contributed by atoms with Gasteiger partial charge in [-0.15, -0.1) is 0 Å². The van der Waals surface area contributed by atoms with Crippen molar-refractivity contribution in [3.63, 3.8) is 0 Å². The summed E-state index contributed by atoms with van der Waals surface area (Å²) in [6, 6.07) is 6.16. The van der Waals surface area contributed by atoms with Crippen molar-refractivity contribution in [2.24, 2.45) is 5.73 Å². The first-order valence-electron chi connectivity index (χ1n) is 5.81. The summed E-state index contributed by atoms with van der Waals surface area (Å²) in [5, 5.41) is 0. The molecule has 90 valence electrons. The van der Waals surface area contributed by atoms with Gasteiger partial charge in [-0.25, -0.2) is 0 Å². The van der Waals surface area contributed by atoms with E-state index >= 15 is 0 Å². The Balaban J connectivity index is 2.87. The molecule has 0 aliphatic carbocycles. The molecule has 0 bridgehead atoms. The van der Waals surface area contributed by atoms with E-state index in [-0.39, 0.29) is 6.04 Å². The van der Waals surface area contributed by atoms with Gasteiger partial charge in [-0.3, -0.25) is 0 Å². The smallest absolute Gasteiger partial charge is 0.161 e. The Morgan fingerprint density at radius 1 is 1.12 bits per heavy atom.